The zero-order chi connectivity index (χ0) is 15.2. The van der Waals surface area contributed by atoms with Crippen molar-refractivity contribution in [2.75, 3.05) is 12.3 Å². The highest BCUT2D eigenvalue weighted by molar-refractivity contribution is 7.99. The topological polar surface area (TPSA) is 12.0 Å². The maximum absolute atomic E-state index is 13.6. The van der Waals surface area contributed by atoms with Gasteiger partial charge in [0.2, 0.25) is 0 Å². The van der Waals surface area contributed by atoms with Crippen molar-refractivity contribution in [1.29, 1.82) is 0 Å². The average molecular weight is 324 g/mol. The molecule has 0 saturated carbocycles. The number of halogens is 2. The summed E-state index contributed by atoms with van der Waals surface area (Å²) in [7, 11) is 0. The van der Waals surface area contributed by atoms with Crippen molar-refractivity contribution in [3.8, 4) is 0 Å². The van der Waals surface area contributed by atoms with E-state index in [0.717, 1.165) is 33.3 Å². The van der Waals surface area contributed by atoms with Crippen molar-refractivity contribution in [3.63, 3.8) is 0 Å². The predicted molar refractivity (Wildman–Crippen MR) is 89.7 cm³/mol. The van der Waals surface area contributed by atoms with Crippen LogP contribution < -0.4 is 5.32 Å². The van der Waals surface area contributed by atoms with Gasteiger partial charge in [-0.05, 0) is 61.0 Å². The lowest BCUT2D eigenvalue weighted by molar-refractivity contribution is 0.587. The lowest BCUT2D eigenvalue weighted by Crippen LogP contribution is -2.23. The monoisotopic (exact) mass is 323 g/mol. The Morgan fingerprint density at radius 1 is 1.19 bits per heavy atom. The minimum absolute atomic E-state index is 0.130. The first-order chi connectivity index (χ1) is 10.1. The molecule has 0 fully saturated rings. The van der Waals surface area contributed by atoms with Gasteiger partial charge in [-0.2, -0.15) is 0 Å². The molecule has 0 aliphatic heterocycles. The van der Waals surface area contributed by atoms with Crippen LogP contribution in [0.4, 0.5) is 4.39 Å². The Balaban J connectivity index is 2.09. The molecule has 1 atom stereocenters. The highest BCUT2D eigenvalue weighted by atomic mass is 35.5. The standard InChI is InChI=1S/C17H19ClFNS/c1-3-20-17(13-8-12(2)9-15(19)10-13)11-21-16-6-4-14(18)5-7-16/h4-10,17,20H,3,11H2,1-2H3. The smallest absolute Gasteiger partial charge is 0.123 e. The fourth-order valence-electron chi connectivity index (χ4n) is 2.20. The molecule has 0 amide bonds. The van der Waals surface area contributed by atoms with E-state index in [0.29, 0.717) is 0 Å². The number of rotatable bonds is 6. The Hall–Kier alpha value is -1.03. The zero-order valence-corrected chi connectivity index (χ0v) is 13.8. The van der Waals surface area contributed by atoms with Crippen LogP contribution in [0.3, 0.4) is 0 Å². The van der Waals surface area contributed by atoms with E-state index in [1.165, 1.54) is 0 Å². The lowest BCUT2D eigenvalue weighted by Gasteiger charge is -2.19. The summed E-state index contributed by atoms with van der Waals surface area (Å²) < 4.78 is 13.6. The van der Waals surface area contributed by atoms with Crippen LogP contribution >= 0.6 is 23.4 Å². The van der Waals surface area contributed by atoms with Crippen molar-refractivity contribution in [2.24, 2.45) is 0 Å². The van der Waals surface area contributed by atoms with Gasteiger partial charge in [-0.3, -0.25) is 0 Å². The molecule has 0 saturated heterocycles. The van der Waals surface area contributed by atoms with Gasteiger partial charge in [0.1, 0.15) is 5.82 Å². The van der Waals surface area contributed by atoms with Crippen LogP contribution in [0.25, 0.3) is 0 Å². The third-order valence-corrected chi connectivity index (χ3v) is 4.51. The quantitative estimate of drug-likeness (QED) is 0.730. The minimum Gasteiger partial charge on any atom is -0.309 e. The summed E-state index contributed by atoms with van der Waals surface area (Å²) in [4.78, 5) is 1.16. The maximum Gasteiger partial charge on any atom is 0.123 e. The van der Waals surface area contributed by atoms with Gasteiger partial charge in [0.05, 0.1) is 0 Å². The summed E-state index contributed by atoms with van der Waals surface area (Å²) in [5, 5.41) is 4.16. The zero-order valence-electron chi connectivity index (χ0n) is 12.2. The molecule has 1 nitrogen and oxygen atoms in total. The summed E-state index contributed by atoms with van der Waals surface area (Å²) >= 11 is 7.63. The second-order valence-corrected chi connectivity index (χ2v) is 6.47. The lowest BCUT2D eigenvalue weighted by atomic mass is 10.1. The summed E-state index contributed by atoms with van der Waals surface area (Å²) in [5.41, 5.74) is 1.94. The van der Waals surface area contributed by atoms with Gasteiger partial charge in [-0.15, -0.1) is 11.8 Å². The Bertz CT molecular complexity index is 566. The molecule has 1 N–H and O–H groups in total. The number of benzene rings is 2. The maximum atomic E-state index is 13.6. The number of aryl methyl sites for hydroxylation is 1. The highest BCUT2D eigenvalue weighted by Crippen LogP contribution is 2.26. The van der Waals surface area contributed by atoms with Crippen molar-refractivity contribution in [1.82, 2.24) is 5.32 Å². The molecule has 0 aliphatic rings. The molecule has 1 unspecified atom stereocenters. The van der Waals surface area contributed by atoms with E-state index in [1.807, 2.05) is 37.3 Å². The van der Waals surface area contributed by atoms with Gasteiger partial charge in [-0.1, -0.05) is 24.6 Å². The fourth-order valence-corrected chi connectivity index (χ4v) is 3.32. The fraction of sp³-hybridized carbons (Fsp3) is 0.294. The van der Waals surface area contributed by atoms with E-state index in [2.05, 4.69) is 12.2 Å². The van der Waals surface area contributed by atoms with Gasteiger partial charge in [0.15, 0.2) is 0 Å². The Labute approximate surface area is 134 Å². The van der Waals surface area contributed by atoms with Crippen molar-refractivity contribution < 1.29 is 4.39 Å². The first kappa shape index (κ1) is 16.3. The molecule has 21 heavy (non-hydrogen) atoms. The van der Waals surface area contributed by atoms with Crippen molar-refractivity contribution in [2.45, 2.75) is 24.8 Å². The Kier molecular flexibility index (Phi) is 6.09. The summed E-state index contributed by atoms with van der Waals surface area (Å²) in [6, 6.07) is 13.1. The van der Waals surface area contributed by atoms with Crippen LogP contribution in [-0.2, 0) is 0 Å². The molecule has 0 aromatic heterocycles. The molecule has 0 aliphatic carbocycles. The second kappa shape index (κ2) is 7.83. The molecular formula is C17H19ClFNS. The normalized spacial score (nSPS) is 12.4. The van der Waals surface area contributed by atoms with E-state index in [9.17, 15) is 4.39 Å². The largest absolute Gasteiger partial charge is 0.309 e. The molecule has 2 rings (SSSR count). The third-order valence-electron chi connectivity index (χ3n) is 3.15. The molecule has 4 heteroatoms. The van der Waals surface area contributed by atoms with Crippen LogP contribution in [0, 0.1) is 12.7 Å². The summed E-state index contributed by atoms with van der Waals surface area (Å²) in [5.74, 6) is 0.669. The van der Waals surface area contributed by atoms with Crippen LogP contribution in [0.1, 0.15) is 24.1 Å². The molecular weight excluding hydrogens is 305 g/mol. The summed E-state index contributed by atoms with van der Waals surface area (Å²) in [6.07, 6.45) is 0. The van der Waals surface area contributed by atoms with Gasteiger partial charge in [-0.25, -0.2) is 4.39 Å². The van der Waals surface area contributed by atoms with E-state index >= 15 is 0 Å². The molecule has 0 radical (unpaired) electrons. The molecule has 0 bridgehead atoms. The second-order valence-electron chi connectivity index (χ2n) is 4.94. The number of nitrogens with one attached hydrogen (secondary N) is 1. The first-order valence-corrected chi connectivity index (χ1v) is 8.33. The van der Waals surface area contributed by atoms with Crippen LogP contribution in [0.2, 0.25) is 5.02 Å². The molecule has 2 aromatic rings. The van der Waals surface area contributed by atoms with Crippen LogP contribution in [0.5, 0.6) is 0 Å². The highest BCUT2D eigenvalue weighted by Gasteiger charge is 2.12. The van der Waals surface area contributed by atoms with Crippen molar-refractivity contribution in [3.05, 3.63) is 64.4 Å². The van der Waals surface area contributed by atoms with Gasteiger partial charge in [0, 0.05) is 21.7 Å². The van der Waals surface area contributed by atoms with Crippen molar-refractivity contribution >= 4 is 23.4 Å². The summed E-state index contributed by atoms with van der Waals surface area (Å²) in [6.45, 7) is 4.83. The van der Waals surface area contributed by atoms with Crippen LogP contribution in [-0.4, -0.2) is 12.3 Å². The van der Waals surface area contributed by atoms with Crippen LogP contribution in [0.15, 0.2) is 47.4 Å². The average Bonchev–Trinajstić information content (AvgIpc) is 2.44. The number of hydrogen-bond donors (Lipinski definition) is 1. The Morgan fingerprint density at radius 2 is 1.90 bits per heavy atom. The predicted octanol–water partition coefficient (Wildman–Crippen LogP) is 5.23. The number of thioether (sulfide) groups is 1. The molecule has 0 heterocycles. The van der Waals surface area contributed by atoms with Gasteiger partial charge >= 0.3 is 0 Å². The van der Waals surface area contributed by atoms with E-state index in [4.69, 9.17) is 11.6 Å². The van der Waals surface area contributed by atoms with Gasteiger partial charge in [0.25, 0.3) is 0 Å². The van der Waals surface area contributed by atoms with E-state index < -0.39 is 0 Å². The minimum atomic E-state index is -0.176. The molecule has 0 spiro atoms. The molecule has 112 valence electrons. The van der Waals surface area contributed by atoms with E-state index in [1.54, 1.807) is 23.9 Å². The number of hydrogen-bond acceptors (Lipinski definition) is 2. The Morgan fingerprint density at radius 3 is 2.52 bits per heavy atom. The first-order valence-electron chi connectivity index (χ1n) is 6.97. The van der Waals surface area contributed by atoms with Gasteiger partial charge < -0.3 is 5.32 Å². The third kappa shape index (κ3) is 5.03. The van der Waals surface area contributed by atoms with E-state index in [-0.39, 0.29) is 11.9 Å². The SMILES string of the molecule is CCNC(CSc1ccc(Cl)cc1)c1cc(C)cc(F)c1. The molecule has 2 aromatic carbocycles.